The Morgan fingerprint density at radius 1 is 1.10 bits per heavy atom. The Hall–Kier alpha value is -4.07. The van der Waals surface area contributed by atoms with E-state index in [1.54, 1.807) is 19.2 Å². The van der Waals surface area contributed by atoms with Crippen molar-refractivity contribution in [3.05, 3.63) is 81.2 Å². The lowest BCUT2D eigenvalue weighted by Crippen LogP contribution is -2.17. The number of nitrogens with two attached hydrogens (primary N) is 1. The lowest BCUT2D eigenvalue weighted by atomic mass is 10.0. The minimum Gasteiger partial charge on any atom is -0.438 e. The number of amides is 1. The molecule has 3 N–H and O–H groups in total. The van der Waals surface area contributed by atoms with E-state index in [1.165, 1.54) is 30.5 Å². The topological polar surface area (TPSA) is 111 Å². The van der Waals surface area contributed by atoms with Crippen LogP contribution in [0.4, 0.5) is 4.39 Å². The maximum absolute atomic E-state index is 13.5. The van der Waals surface area contributed by atoms with E-state index < -0.39 is 11.3 Å². The molecule has 0 fully saturated rings. The second-order valence-corrected chi connectivity index (χ2v) is 7.25. The summed E-state index contributed by atoms with van der Waals surface area (Å²) in [5.41, 5.74) is 8.67. The maximum Gasteiger partial charge on any atom is 0.268 e. The van der Waals surface area contributed by atoms with Gasteiger partial charge in [-0.2, -0.15) is 0 Å². The van der Waals surface area contributed by atoms with Crippen molar-refractivity contribution < 1.29 is 13.9 Å². The summed E-state index contributed by atoms with van der Waals surface area (Å²) in [7, 11) is 0. The van der Waals surface area contributed by atoms with Gasteiger partial charge in [-0.3, -0.25) is 14.6 Å². The van der Waals surface area contributed by atoms with Gasteiger partial charge in [0.2, 0.25) is 5.88 Å². The van der Waals surface area contributed by atoms with E-state index in [0.717, 1.165) is 11.1 Å². The van der Waals surface area contributed by atoms with Gasteiger partial charge in [0, 0.05) is 18.5 Å². The third kappa shape index (κ3) is 3.63. The Labute approximate surface area is 176 Å². The van der Waals surface area contributed by atoms with Crippen LogP contribution in [-0.2, 0) is 0 Å². The Bertz CT molecular complexity index is 1410. The van der Waals surface area contributed by atoms with Gasteiger partial charge in [0.25, 0.3) is 5.91 Å². The van der Waals surface area contributed by atoms with Gasteiger partial charge < -0.3 is 15.5 Å². The molecule has 4 aromatic rings. The minimum atomic E-state index is -0.784. The number of benzene rings is 1. The van der Waals surface area contributed by atoms with Crippen molar-refractivity contribution in [2.75, 3.05) is 0 Å². The standard InChI is InChI=1S/C23H19FN4O3/c1-11-8-14(24)4-5-18(11)31-23-19(13(3)12(2)10-27-23)16-9-17(29)20-15(28-16)6-7-26-21(20)22(25)30/h4-10H,1-3H3,(H2,25,30)(H,28,29). The molecule has 8 heteroatoms. The molecule has 3 heterocycles. The van der Waals surface area contributed by atoms with Crippen LogP contribution >= 0.6 is 0 Å². The van der Waals surface area contributed by atoms with Crippen molar-refractivity contribution in [2.45, 2.75) is 20.8 Å². The molecule has 0 aliphatic heterocycles. The Kier molecular flexibility index (Phi) is 4.98. The van der Waals surface area contributed by atoms with Crippen LogP contribution in [0, 0.1) is 26.6 Å². The van der Waals surface area contributed by atoms with Crippen molar-refractivity contribution in [3.63, 3.8) is 0 Å². The number of carbonyl (C=O) groups is 1. The lowest BCUT2D eigenvalue weighted by molar-refractivity contribution is 0.0997. The molecule has 0 unspecified atom stereocenters. The molecule has 0 bridgehead atoms. The highest BCUT2D eigenvalue weighted by Crippen LogP contribution is 2.36. The van der Waals surface area contributed by atoms with Gasteiger partial charge in [-0.1, -0.05) is 0 Å². The number of carbonyl (C=O) groups excluding carboxylic acids is 1. The molecule has 0 saturated carbocycles. The average Bonchev–Trinajstić information content (AvgIpc) is 2.72. The number of ether oxygens (including phenoxy) is 1. The van der Waals surface area contributed by atoms with Crippen molar-refractivity contribution >= 4 is 16.8 Å². The minimum absolute atomic E-state index is 0.0946. The molecule has 0 saturated heterocycles. The summed E-state index contributed by atoms with van der Waals surface area (Å²) in [6.07, 6.45) is 3.07. The second kappa shape index (κ2) is 7.64. The van der Waals surface area contributed by atoms with Gasteiger partial charge in [0.05, 0.1) is 22.2 Å². The van der Waals surface area contributed by atoms with E-state index in [0.29, 0.717) is 28.1 Å². The fourth-order valence-corrected chi connectivity index (χ4v) is 3.42. The summed E-state index contributed by atoms with van der Waals surface area (Å²) >= 11 is 0. The van der Waals surface area contributed by atoms with E-state index in [1.807, 2.05) is 13.8 Å². The number of rotatable bonds is 4. The number of aromatic amines is 1. The summed E-state index contributed by atoms with van der Waals surface area (Å²) in [6.45, 7) is 5.52. The zero-order valence-corrected chi connectivity index (χ0v) is 17.1. The first-order chi connectivity index (χ1) is 14.8. The normalized spacial score (nSPS) is 11.0. The average molecular weight is 418 g/mol. The summed E-state index contributed by atoms with van der Waals surface area (Å²) < 4.78 is 19.5. The number of aryl methyl sites for hydroxylation is 2. The van der Waals surface area contributed by atoms with Gasteiger partial charge in [-0.25, -0.2) is 9.37 Å². The number of aromatic nitrogens is 3. The highest BCUT2D eigenvalue weighted by Gasteiger charge is 2.19. The van der Waals surface area contributed by atoms with Gasteiger partial charge in [-0.15, -0.1) is 0 Å². The molecule has 4 rings (SSSR count). The van der Waals surface area contributed by atoms with Gasteiger partial charge in [0.1, 0.15) is 17.3 Å². The van der Waals surface area contributed by atoms with E-state index in [-0.39, 0.29) is 22.8 Å². The zero-order chi connectivity index (χ0) is 22.3. The molecule has 0 aliphatic rings. The zero-order valence-electron chi connectivity index (χ0n) is 17.1. The summed E-state index contributed by atoms with van der Waals surface area (Å²) in [5, 5.41) is 0.119. The first-order valence-electron chi connectivity index (χ1n) is 9.48. The van der Waals surface area contributed by atoms with Gasteiger partial charge in [0.15, 0.2) is 5.43 Å². The fourth-order valence-electron chi connectivity index (χ4n) is 3.42. The first-order valence-corrected chi connectivity index (χ1v) is 9.48. The van der Waals surface area contributed by atoms with Crippen molar-refractivity contribution in [3.8, 4) is 22.9 Å². The Balaban J connectivity index is 1.94. The van der Waals surface area contributed by atoms with E-state index in [4.69, 9.17) is 10.5 Å². The largest absolute Gasteiger partial charge is 0.438 e. The third-order valence-electron chi connectivity index (χ3n) is 5.14. The number of nitrogens with zero attached hydrogens (tertiary/aromatic N) is 2. The highest BCUT2D eigenvalue weighted by molar-refractivity contribution is 6.03. The molecule has 0 atom stereocenters. The molecule has 0 radical (unpaired) electrons. The van der Waals surface area contributed by atoms with Crippen LogP contribution in [0.2, 0.25) is 0 Å². The van der Waals surface area contributed by atoms with Crippen LogP contribution in [0.3, 0.4) is 0 Å². The van der Waals surface area contributed by atoms with Crippen LogP contribution < -0.4 is 15.9 Å². The molecule has 1 amide bonds. The quantitative estimate of drug-likeness (QED) is 0.521. The number of primary amides is 1. The van der Waals surface area contributed by atoms with E-state index in [2.05, 4.69) is 15.0 Å². The molecule has 7 nitrogen and oxygen atoms in total. The molecule has 156 valence electrons. The monoisotopic (exact) mass is 418 g/mol. The van der Waals surface area contributed by atoms with Crippen LogP contribution in [-0.4, -0.2) is 20.9 Å². The molecule has 3 aromatic heterocycles. The molecular formula is C23H19FN4O3. The van der Waals surface area contributed by atoms with E-state index in [9.17, 15) is 14.0 Å². The van der Waals surface area contributed by atoms with Crippen LogP contribution in [0.25, 0.3) is 22.2 Å². The van der Waals surface area contributed by atoms with Crippen molar-refractivity contribution in [1.29, 1.82) is 0 Å². The summed E-state index contributed by atoms with van der Waals surface area (Å²) in [6, 6.07) is 7.16. The smallest absolute Gasteiger partial charge is 0.268 e. The highest BCUT2D eigenvalue weighted by atomic mass is 19.1. The summed E-state index contributed by atoms with van der Waals surface area (Å²) in [4.78, 5) is 36.1. The van der Waals surface area contributed by atoms with Crippen LogP contribution in [0.1, 0.15) is 27.2 Å². The predicted molar refractivity (Wildman–Crippen MR) is 115 cm³/mol. The number of hydrogen-bond acceptors (Lipinski definition) is 5. The fraction of sp³-hybridized carbons (Fsp3) is 0.130. The number of fused-ring (bicyclic) bond motifs is 1. The molecule has 0 spiro atoms. The number of pyridine rings is 3. The van der Waals surface area contributed by atoms with Crippen molar-refractivity contribution in [1.82, 2.24) is 15.0 Å². The Morgan fingerprint density at radius 3 is 2.58 bits per heavy atom. The first kappa shape index (κ1) is 20.2. The molecular weight excluding hydrogens is 399 g/mol. The van der Waals surface area contributed by atoms with Gasteiger partial charge in [-0.05, 0) is 61.7 Å². The molecule has 1 aromatic carbocycles. The maximum atomic E-state index is 13.5. The van der Waals surface area contributed by atoms with Crippen LogP contribution in [0.15, 0.2) is 47.5 Å². The lowest BCUT2D eigenvalue weighted by Gasteiger charge is -2.16. The number of halogens is 1. The number of nitrogens with one attached hydrogen (secondary N) is 1. The predicted octanol–water partition coefficient (Wildman–Crippen LogP) is 3.94. The van der Waals surface area contributed by atoms with Crippen LogP contribution in [0.5, 0.6) is 11.6 Å². The van der Waals surface area contributed by atoms with Gasteiger partial charge >= 0.3 is 0 Å². The number of H-pyrrole nitrogens is 1. The SMILES string of the molecule is Cc1cc(F)ccc1Oc1ncc(C)c(C)c1-c1cc(=O)c2c(C(N)=O)nccc2[nH]1. The molecule has 0 aliphatic carbocycles. The van der Waals surface area contributed by atoms with E-state index >= 15 is 0 Å². The number of hydrogen-bond donors (Lipinski definition) is 2. The summed E-state index contributed by atoms with van der Waals surface area (Å²) in [5.74, 6) is -0.442. The third-order valence-corrected chi connectivity index (χ3v) is 5.14. The second-order valence-electron chi connectivity index (χ2n) is 7.25. The van der Waals surface area contributed by atoms with Crippen molar-refractivity contribution in [2.24, 2.45) is 5.73 Å². The Morgan fingerprint density at radius 2 is 1.87 bits per heavy atom. The molecule has 31 heavy (non-hydrogen) atoms.